The number of piperazine rings is 1. The van der Waals surface area contributed by atoms with E-state index in [0.29, 0.717) is 26.2 Å². The minimum Gasteiger partial charge on any atom is -0.497 e. The van der Waals surface area contributed by atoms with Crippen LogP contribution < -0.4 is 9.64 Å². The van der Waals surface area contributed by atoms with Crippen LogP contribution in [0.4, 0.5) is 10.6 Å². The topological polar surface area (TPSA) is 65.9 Å². The molecule has 3 rings (SSSR count). The summed E-state index contributed by atoms with van der Waals surface area (Å²) in [6.45, 7) is 2.34. The summed E-state index contributed by atoms with van der Waals surface area (Å²) in [4.78, 5) is 18.9. The van der Waals surface area contributed by atoms with Gasteiger partial charge in [0.05, 0.1) is 7.11 Å². The van der Waals surface area contributed by atoms with Crippen LogP contribution in [0.3, 0.4) is 0 Å². The van der Waals surface area contributed by atoms with E-state index in [0.717, 1.165) is 22.3 Å². The van der Waals surface area contributed by atoms with Gasteiger partial charge in [-0.25, -0.2) is 9.78 Å². The van der Waals surface area contributed by atoms with Gasteiger partial charge in [0.1, 0.15) is 11.6 Å². The van der Waals surface area contributed by atoms with Gasteiger partial charge in [0, 0.05) is 37.8 Å². The monoisotopic (exact) mass is 287 g/mol. The fourth-order valence-electron chi connectivity index (χ4n) is 2.53. The number of nitrogens with zero attached hydrogens (tertiary/aromatic N) is 3. The van der Waals surface area contributed by atoms with Crippen molar-refractivity contribution in [1.29, 1.82) is 0 Å². The molecule has 0 spiro atoms. The van der Waals surface area contributed by atoms with E-state index in [1.54, 1.807) is 7.11 Å². The molecular formula is C15H17N3O3. The number of methoxy groups -OCH3 is 1. The van der Waals surface area contributed by atoms with Gasteiger partial charge in [-0.05, 0) is 29.7 Å². The lowest BCUT2D eigenvalue weighted by molar-refractivity contribution is 0.142. The molecule has 1 aromatic heterocycles. The summed E-state index contributed by atoms with van der Waals surface area (Å²) in [6.07, 6.45) is 0.985. The molecule has 0 bridgehead atoms. The molecule has 1 N–H and O–H groups in total. The normalized spacial score (nSPS) is 15.3. The third-order valence-corrected chi connectivity index (χ3v) is 3.79. The quantitative estimate of drug-likeness (QED) is 0.915. The second kappa shape index (κ2) is 5.47. The van der Waals surface area contributed by atoms with Gasteiger partial charge in [0.25, 0.3) is 0 Å². The molecular weight excluding hydrogens is 270 g/mol. The Balaban J connectivity index is 1.82. The lowest BCUT2D eigenvalue weighted by atomic mass is 10.1. The van der Waals surface area contributed by atoms with Gasteiger partial charge in [-0.15, -0.1) is 0 Å². The molecule has 110 valence electrons. The Hall–Kier alpha value is -2.50. The molecule has 0 radical (unpaired) electrons. The molecule has 2 heterocycles. The number of anilines is 1. The van der Waals surface area contributed by atoms with Crippen molar-refractivity contribution in [2.75, 3.05) is 38.2 Å². The van der Waals surface area contributed by atoms with E-state index in [1.165, 1.54) is 4.90 Å². The molecule has 1 fully saturated rings. The zero-order valence-electron chi connectivity index (χ0n) is 11.8. The summed E-state index contributed by atoms with van der Waals surface area (Å²) in [5, 5.41) is 11.1. The highest BCUT2D eigenvalue weighted by Crippen LogP contribution is 2.24. The Bertz CT molecular complexity index is 666. The van der Waals surface area contributed by atoms with Gasteiger partial charge in [-0.1, -0.05) is 0 Å². The van der Waals surface area contributed by atoms with Gasteiger partial charge in [-0.3, -0.25) is 0 Å². The highest BCUT2D eigenvalue weighted by Gasteiger charge is 2.21. The van der Waals surface area contributed by atoms with E-state index < -0.39 is 6.09 Å². The van der Waals surface area contributed by atoms with E-state index in [-0.39, 0.29) is 0 Å². The summed E-state index contributed by atoms with van der Waals surface area (Å²) in [5.74, 6) is 1.69. The molecule has 1 aliphatic heterocycles. The predicted octanol–water partition coefficient (Wildman–Crippen LogP) is 2.04. The minimum absolute atomic E-state index is 0.507. The first-order valence-electron chi connectivity index (χ1n) is 6.84. The Morgan fingerprint density at radius 1 is 1.19 bits per heavy atom. The van der Waals surface area contributed by atoms with Gasteiger partial charge >= 0.3 is 6.09 Å². The number of carbonyl (C=O) groups is 1. The van der Waals surface area contributed by atoms with Crippen LogP contribution in [0.1, 0.15) is 0 Å². The van der Waals surface area contributed by atoms with Gasteiger partial charge in [0.2, 0.25) is 0 Å². The first-order chi connectivity index (χ1) is 10.2. The van der Waals surface area contributed by atoms with Gasteiger partial charge in [0.15, 0.2) is 0 Å². The molecule has 6 nitrogen and oxygen atoms in total. The third kappa shape index (κ3) is 2.69. The van der Waals surface area contributed by atoms with E-state index in [9.17, 15) is 4.79 Å². The smallest absolute Gasteiger partial charge is 0.407 e. The lowest BCUT2D eigenvalue weighted by Crippen LogP contribution is -2.48. The van der Waals surface area contributed by atoms with Crippen molar-refractivity contribution in [1.82, 2.24) is 9.88 Å². The molecule has 1 aromatic carbocycles. The van der Waals surface area contributed by atoms with Crippen molar-refractivity contribution in [2.45, 2.75) is 0 Å². The second-order valence-corrected chi connectivity index (χ2v) is 5.01. The number of amides is 1. The number of hydrogen-bond donors (Lipinski definition) is 1. The highest BCUT2D eigenvalue weighted by atomic mass is 16.5. The number of ether oxygens (including phenoxy) is 1. The Morgan fingerprint density at radius 3 is 2.62 bits per heavy atom. The molecule has 6 heteroatoms. The van der Waals surface area contributed by atoms with Crippen LogP contribution in [-0.4, -0.2) is 54.4 Å². The molecule has 2 aromatic rings. The maximum absolute atomic E-state index is 10.9. The van der Waals surface area contributed by atoms with Crippen LogP contribution in [0.2, 0.25) is 0 Å². The van der Waals surface area contributed by atoms with Crippen molar-refractivity contribution >= 4 is 22.7 Å². The van der Waals surface area contributed by atoms with Crippen molar-refractivity contribution < 1.29 is 14.6 Å². The number of carboxylic acid groups (broad SMARTS) is 1. The standard InChI is InChI=1S/C15H17N3O3/c1-21-13-3-2-11-10-16-14(9-12(11)8-13)17-4-6-18(7-5-17)15(19)20/h2-3,8-10H,4-7H2,1H3,(H,19,20). The van der Waals surface area contributed by atoms with Crippen LogP contribution in [0.5, 0.6) is 5.75 Å². The van der Waals surface area contributed by atoms with Crippen LogP contribution in [0, 0.1) is 0 Å². The van der Waals surface area contributed by atoms with Crippen molar-refractivity contribution in [3.05, 3.63) is 30.5 Å². The summed E-state index contributed by atoms with van der Waals surface area (Å²) >= 11 is 0. The zero-order chi connectivity index (χ0) is 14.8. The average Bonchev–Trinajstić information content (AvgIpc) is 2.53. The van der Waals surface area contributed by atoms with Crippen molar-refractivity contribution in [3.63, 3.8) is 0 Å². The number of benzene rings is 1. The molecule has 1 amide bonds. The fourth-order valence-corrected chi connectivity index (χ4v) is 2.53. The summed E-state index contributed by atoms with van der Waals surface area (Å²) in [5.41, 5.74) is 0. The van der Waals surface area contributed by atoms with Gasteiger partial charge < -0.3 is 19.6 Å². The summed E-state index contributed by atoms with van der Waals surface area (Å²) in [6, 6.07) is 7.89. The first kappa shape index (κ1) is 13.5. The molecule has 0 unspecified atom stereocenters. The zero-order valence-corrected chi connectivity index (χ0v) is 11.8. The van der Waals surface area contributed by atoms with Crippen LogP contribution in [0.15, 0.2) is 30.5 Å². The molecule has 0 aliphatic carbocycles. The van der Waals surface area contributed by atoms with Gasteiger partial charge in [-0.2, -0.15) is 0 Å². The largest absolute Gasteiger partial charge is 0.497 e. The SMILES string of the molecule is COc1ccc2cnc(N3CCN(C(=O)O)CC3)cc2c1. The molecule has 0 atom stereocenters. The number of fused-ring (bicyclic) bond motifs is 1. The number of hydrogen-bond acceptors (Lipinski definition) is 4. The van der Waals surface area contributed by atoms with E-state index in [4.69, 9.17) is 9.84 Å². The third-order valence-electron chi connectivity index (χ3n) is 3.79. The van der Waals surface area contributed by atoms with E-state index >= 15 is 0 Å². The fraction of sp³-hybridized carbons (Fsp3) is 0.333. The van der Waals surface area contributed by atoms with E-state index in [2.05, 4.69) is 9.88 Å². The Kier molecular flexibility index (Phi) is 3.51. The number of rotatable bonds is 2. The average molecular weight is 287 g/mol. The minimum atomic E-state index is -0.856. The Morgan fingerprint density at radius 2 is 1.95 bits per heavy atom. The second-order valence-electron chi connectivity index (χ2n) is 5.01. The van der Waals surface area contributed by atoms with Crippen LogP contribution in [0.25, 0.3) is 10.8 Å². The number of pyridine rings is 1. The van der Waals surface area contributed by atoms with E-state index in [1.807, 2.05) is 30.5 Å². The summed E-state index contributed by atoms with van der Waals surface area (Å²) < 4.78 is 5.24. The highest BCUT2D eigenvalue weighted by molar-refractivity contribution is 5.85. The maximum Gasteiger partial charge on any atom is 0.407 e. The molecule has 1 aliphatic rings. The van der Waals surface area contributed by atoms with Crippen LogP contribution in [-0.2, 0) is 0 Å². The molecule has 1 saturated heterocycles. The van der Waals surface area contributed by atoms with Crippen molar-refractivity contribution in [3.8, 4) is 5.75 Å². The molecule has 21 heavy (non-hydrogen) atoms. The first-order valence-corrected chi connectivity index (χ1v) is 6.84. The number of aromatic nitrogens is 1. The van der Waals surface area contributed by atoms with Crippen LogP contribution >= 0.6 is 0 Å². The molecule has 0 saturated carbocycles. The van der Waals surface area contributed by atoms with Crippen molar-refractivity contribution in [2.24, 2.45) is 0 Å². The Labute approximate surface area is 122 Å². The lowest BCUT2D eigenvalue weighted by Gasteiger charge is -2.33. The predicted molar refractivity (Wildman–Crippen MR) is 80.1 cm³/mol. The maximum atomic E-state index is 10.9. The summed E-state index contributed by atoms with van der Waals surface area (Å²) in [7, 11) is 1.65.